The quantitative estimate of drug-likeness (QED) is 0.341. The van der Waals surface area contributed by atoms with Gasteiger partial charge in [0.2, 0.25) is 5.95 Å². The number of ether oxygens (including phenoxy) is 2. The standard InChI is InChI=1S/C30H29N7O3/c1-36-29(38)26-25(18-9-13-21(40-3)14-10-18)22-6-4-5-19(15-17-7-11-20(39-2)12-8-17)27(22)33-28(26)34-30(36)37-24(32)16-23(31)35-37/h7-16H,4-6,32H2,1-3H3,(H2,31,35)/b19-15+. The lowest BCUT2D eigenvalue weighted by Gasteiger charge is -2.23. The first-order chi connectivity index (χ1) is 19.4. The number of fused-ring (bicyclic) bond motifs is 2. The van der Waals surface area contributed by atoms with Crippen LogP contribution in [0.4, 0.5) is 11.6 Å². The number of nitrogen functional groups attached to an aromatic ring is 2. The molecule has 0 aliphatic heterocycles. The third kappa shape index (κ3) is 4.23. The maximum Gasteiger partial charge on any atom is 0.264 e. The summed E-state index contributed by atoms with van der Waals surface area (Å²) in [5, 5.41) is 4.69. The number of nitrogens with two attached hydrogens (primary N) is 2. The number of anilines is 2. The first-order valence-electron chi connectivity index (χ1n) is 12.9. The van der Waals surface area contributed by atoms with Gasteiger partial charge >= 0.3 is 0 Å². The number of rotatable bonds is 5. The van der Waals surface area contributed by atoms with E-state index < -0.39 is 0 Å². The first kappa shape index (κ1) is 25.2. The summed E-state index contributed by atoms with van der Waals surface area (Å²) < 4.78 is 13.5. The van der Waals surface area contributed by atoms with Crippen molar-refractivity contribution < 1.29 is 9.47 Å². The van der Waals surface area contributed by atoms with E-state index in [2.05, 4.69) is 11.2 Å². The van der Waals surface area contributed by atoms with Crippen LogP contribution in [0.15, 0.2) is 59.4 Å². The van der Waals surface area contributed by atoms with E-state index in [4.69, 9.17) is 30.9 Å². The van der Waals surface area contributed by atoms with Gasteiger partial charge in [0.1, 0.15) is 23.1 Å². The predicted molar refractivity (Wildman–Crippen MR) is 157 cm³/mol. The van der Waals surface area contributed by atoms with Crippen molar-refractivity contribution in [3.8, 4) is 28.6 Å². The van der Waals surface area contributed by atoms with E-state index in [0.717, 1.165) is 64.3 Å². The smallest absolute Gasteiger partial charge is 0.264 e. The number of hydrogen-bond donors (Lipinski definition) is 2. The molecular weight excluding hydrogens is 506 g/mol. The average Bonchev–Trinajstić information content (AvgIpc) is 3.31. The molecule has 10 nitrogen and oxygen atoms in total. The van der Waals surface area contributed by atoms with Crippen molar-refractivity contribution in [3.05, 3.63) is 81.8 Å². The molecule has 40 heavy (non-hydrogen) atoms. The van der Waals surface area contributed by atoms with Gasteiger partial charge in [-0.25, -0.2) is 4.98 Å². The van der Waals surface area contributed by atoms with Crippen LogP contribution in [-0.2, 0) is 13.5 Å². The van der Waals surface area contributed by atoms with E-state index >= 15 is 0 Å². The molecule has 0 amide bonds. The molecule has 0 unspecified atom stereocenters. The summed E-state index contributed by atoms with van der Waals surface area (Å²) in [6.07, 6.45) is 4.70. The monoisotopic (exact) mass is 535 g/mol. The van der Waals surface area contributed by atoms with Crippen LogP contribution < -0.4 is 26.5 Å². The lowest BCUT2D eigenvalue weighted by atomic mass is 9.84. The van der Waals surface area contributed by atoms with Crippen molar-refractivity contribution in [2.75, 3.05) is 25.7 Å². The lowest BCUT2D eigenvalue weighted by molar-refractivity contribution is 0.414. The molecule has 1 aliphatic carbocycles. The third-order valence-electron chi connectivity index (χ3n) is 7.26. The number of methoxy groups -OCH3 is 2. The van der Waals surface area contributed by atoms with Crippen LogP contribution in [0.5, 0.6) is 11.5 Å². The molecule has 0 fully saturated rings. The molecule has 1 aliphatic rings. The van der Waals surface area contributed by atoms with Gasteiger partial charge in [-0.15, -0.1) is 5.10 Å². The highest BCUT2D eigenvalue weighted by molar-refractivity contribution is 5.98. The Kier molecular flexibility index (Phi) is 6.22. The maximum absolute atomic E-state index is 14.0. The summed E-state index contributed by atoms with van der Waals surface area (Å²) in [4.78, 5) is 23.8. The Labute approximate surface area is 230 Å². The molecule has 0 radical (unpaired) electrons. The Morgan fingerprint density at radius 1 is 0.925 bits per heavy atom. The van der Waals surface area contributed by atoms with Gasteiger partial charge in [-0.05, 0) is 71.9 Å². The number of nitrogens with zero attached hydrogens (tertiary/aromatic N) is 5. The summed E-state index contributed by atoms with van der Waals surface area (Å²) in [5.74, 6) is 2.26. The second kappa shape index (κ2) is 9.88. The Bertz CT molecular complexity index is 1840. The molecule has 2 aromatic carbocycles. The fourth-order valence-electron chi connectivity index (χ4n) is 5.29. The van der Waals surface area contributed by atoms with Crippen molar-refractivity contribution >= 4 is 34.3 Å². The van der Waals surface area contributed by atoms with Crippen molar-refractivity contribution in [1.29, 1.82) is 0 Å². The fraction of sp³-hybridized carbons (Fsp3) is 0.200. The third-order valence-corrected chi connectivity index (χ3v) is 7.26. The molecule has 10 heteroatoms. The van der Waals surface area contributed by atoms with Crippen molar-refractivity contribution in [3.63, 3.8) is 0 Å². The molecular formula is C30H29N7O3. The van der Waals surface area contributed by atoms with Gasteiger partial charge in [0.25, 0.3) is 5.56 Å². The van der Waals surface area contributed by atoms with E-state index in [0.29, 0.717) is 11.0 Å². The van der Waals surface area contributed by atoms with Crippen molar-refractivity contribution in [2.24, 2.45) is 7.05 Å². The van der Waals surface area contributed by atoms with Crippen LogP contribution in [0.25, 0.3) is 39.8 Å². The molecule has 0 saturated heterocycles. The van der Waals surface area contributed by atoms with E-state index in [-0.39, 0.29) is 23.1 Å². The van der Waals surface area contributed by atoms with Crippen LogP contribution >= 0.6 is 0 Å². The zero-order valence-corrected chi connectivity index (χ0v) is 22.5. The summed E-state index contributed by atoms with van der Waals surface area (Å²) in [6.45, 7) is 0. The van der Waals surface area contributed by atoms with Crippen LogP contribution in [-0.4, -0.2) is 38.5 Å². The molecule has 4 N–H and O–H groups in total. The summed E-state index contributed by atoms with van der Waals surface area (Å²) >= 11 is 0. The molecule has 3 heterocycles. The molecule has 0 spiro atoms. The molecule has 6 rings (SSSR count). The Hall–Kier alpha value is -5.12. The molecule has 0 atom stereocenters. The van der Waals surface area contributed by atoms with E-state index in [1.807, 2.05) is 48.5 Å². The summed E-state index contributed by atoms with van der Waals surface area (Å²) in [7, 11) is 4.93. The van der Waals surface area contributed by atoms with E-state index in [9.17, 15) is 4.79 Å². The molecule has 202 valence electrons. The van der Waals surface area contributed by atoms with Crippen LogP contribution in [0, 0.1) is 0 Å². The van der Waals surface area contributed by atoms with Crippen molar-refractivity contribution in [1.82, 2.24) is 24.3 Å². The number of hydrogen-bond acceptors (Lipinski definition) is 8. The Morgan fingerprint density at radius 2 is 1.60 bits per heavy atom. The van der Waals surface area contributed by atoms with E-state index in [1.54, 1.807) is 21.3 Å². The molecule has 5 aromatic rings. The van der Waals surface area contributed by atoms with Gasteiger partial charge in [-0.2, -0.15) is 9.67 Å². The SMILES string of the molecule is COc1ccc(/C=C2\CCCc3c2nc2nc(-n4nc(N)cc4N)n(C)c(=O)c2c3-c2ccc(OC)cc2)cc1. The lowest BCUT2D eigenvalue weighted by Crippen LogP contribution is -2.26. The molecule has 0 bridgehead atoms. The minimum Gasteiger partial charge on any atom is -0.497 e. The summed E-state index contributed by atoms with van der Waals surface area (Å²) in [5.41, 5.74) is 17.8. The fourth-order valence-corrected chi connectivity index (χ4v) is 5.29. The van der Waals surface area contributed by atoms with Crippen LogP contribution in [0.2, 0.25) is 0 Å². The van der Waals surface area contributed by atoms with Gasteiger partial charge in [-0.1, -0.05) is 24.3 Å². The molecule has 0 saturated carbocycles. The zero-order valence-electron chi connectivity index (χ0n) is 22.5. The second-order valence-electron chi connectivity index (χ2n) is 9.72. The number of allylic oxidation sites excluding steroid dienone is 1. The Morgan fingerprint density at radius 3 is 2.23 bits per heavy atom. The highest BCUT2D eigenvalue weighted by Crippen LogP contribution is 2.40. The maximum atomic E-state index is 14.0. The number of aromatic nitrogens is 5. The zero-order chi connectivity index (χ0) is 28.0. The minimum absolute atomic E-state index is 0.230. The largest absolute Gasteiger partial charge is 0.497 e. The average molecular weight is 536 g/mol. The highest BCUT2D eigenvalue weighted by atomic mass is 16.5. The second-order valence-corrected chi connectivity index (χ2v) is 9.72. The first-order valence-corrected chi connectivity index (χ1v) is 12.9. The van der Waals surface area contributed by atoms with Gasteiger partial charge in [0.05, 0.1) is 25.3 Å². The predicted octanol–water partition coefficient (Wildman–Crippen LogP) is 4.24. The van der Waals surface area contributed by atoms with Gasteiger partial charge in [-0.3, -0.25) is 9.36 Å². The van der Waals surface area contributed by atoms with Crippen molar-refractivity contribution in [2.45, 2.75) is 19.3 Å². The van der Waals surface area contributed by atoms with Crippen LogP contribution in [0.3, 0.4) is 0 Å². The minimum atomic E-state index is -0.249. The number of benzene rings is 2. The molecule has 3 aromatic heterocycles. The topological polar surface area (TPSA) is 136 Å². The highest BCUT2D eigenvalue weighted by Gasteiger charge is 2.26. The van der Waals surface area contributed by atoms with Crippen LogP contribution in [0.1, 0.15) is 29.7 Å². The van der Waals surface area contributed by atoms with Gasteiger partial charge < -0.3 is 20.9 Å². The normalized spacial score (nSPS) is 13.9. The Balaban J connectivity index is 1.65. The van der Waals surface area contributed by atoms with Gasteiger partial charge in [0, 0.05) is 18.7 Å². The summed E-state index contributed by atoms with van der Waals surface area (Å²) in [6, 6.07) is 17.1. The number of pyridine rings is 1. The van der Waals surface area contributed by atoms with Gasteiger partial charge in [0.15, 0.2) is 5.65 Å². The van der Waals surface area contributed by atoms with E-state index in [1.165, 1.54) is 15.3 Å².